The van der Waals surface area contributed by atoms with Crippen LogP contribution in [-0.4, -0.2) is 48.9 Å². The predicted molar refractivity (Wildman–Crippen MR) is 210 cm³/mol. The number of hydrogen-bond acceptors (Lipinski definition) is 6. The smallest absolute Gasteiger partial charge is 0.788 e. The molecular weight excluding hydrogens is 868 g/mol. The van der Waals surface area contributed by atoms with E-state index in [1.807, 2.05) is 36.4 Å². The minimum absolute atomic E-state index is 0. The second-order valence-corrected chi connectivity index (χ2v) is 11.4. The van der Waals surface area contributed by atoms with Gasteiger partial charge < -0.3 is 75.8 Å². The quantitative estimate of drug-likeness (QED) is 0.122. The van der Waals surface area contributed by atoms with Gasteiger partial charge in [0.25, 0.3) is 0 Å². The molecule has 6 rings (SSSR count). The molecule has 0 aliphatic rings. The van der Waals surface area contributed by atoms with Gasteiger partial charge in [-0.2, -0.15) is 0 Å². The molecule has 0 bridgehead atoms. The molecule has 0 N–H and O–H groups in total. The SMILES string of the molecule is [S-]Cc1ccc(C[S-])c2ccccc12.[S-]Cc1ccc(C[S-])c2ccccc12.[S-]Cc1ccc(C[S-])c2ccccc12.[Sb+3].[Sb+3]. The van der Waals surface area contributed by atoms with E-state index < -0.39 is 0 Å². The van der Waals surface area contributed by atoms with Crippen LogP contribution in [-0.2, 0) is 110 Å². The average molecular weight is 899 g/mol. The largest absolute Gasteiger partial charge is 3.00 e. The van der Waals surface area contributed by atoms with Crippen LogP contribution in [0.4, 0.5) is 0 Å². The van der Waals surface area contributed by atoms with E-state index >= 15 is 0 Å². The molecule has 220 valence electrons. The van der Waals surface area contributed by atoms with Gasteiger partial charge in [-0.25, -0.2) is 0 Å². The first-order chi connectivity index (χ1) is 20.6. The Morgan fingerprint density at radius 2 is 0.386 bits per heavy atom. The van der Waals surface area contributed by atoms with E-state index in [0.717, 1.165) is 0 Å². The summed E-state index contributed by atoms with van der Waals surface area (Å²) in [5.74, 6) is 3.99. The summed E-state index contributed by atoms with van der Waals surface area (Å²) in [5, 5.41) is 7.53. The monoisotopic (exact) mass is 896 g/mol. The van der Waals surface area contributed by atoms with Crippen LogP contribution in [0.5, 0.6) is 0 Å². The third kappa shape index (κ3) is 9.93. The van der Waals surface area contributed by atoms with Crippen molar-refractivity contribution in [1.82, 2.24) is 0 Å². The molecule has 0 fully saturated rings. The number of hydrogen-bond donors (Lipinski definition) is 0. The van der Waals surface area contributed by atoms with Crippen molar-refractivity contribution < 1.29 is 0 Å². The van der Waals surface area contributed by atoms with Gasteiger partial charge in [0, 0.05) is 0 Å². The Kier molecular flexibility index (Phi) is 19.0. The fourth-order valence-electron chi connectivity index (χ4n) is 5.03. The first kappa shape index (κ1) is 40.0. The Balaban J connectivity index is 0.000000225. The van der Waals surface area contributed by atoms with Crippen LogP contribution >= 0.6 is 0 Å². The molecule has 0 aliphatic carbocycles. The van der Waals surface area contributed by atoms with Gasteiger partial charge in [0.05, 0.1) is 0 Å². The molecule has 0 aliphatic heterocycles. The summed E-state index contributed by atoms with van der Waals surface area (Å²) in [6.45, 7) is 0. The molecule has 0 aromatic heterocycles. The van der Waals surface area contributed by atoms with E-state index in [9.17, 15) is 0 Å². The van der Waals surface area contributed by atoms with Crippen molar-refractivity contribution in [1.29, 1.82) is 0 Å². The van der Waals surface area contributed by atoms with Crippen molar-refractivity contribution in [2.45, 2.75) is 34.5 Å². The van der Waals surface area contributed by atoms with Crippen molar-refractivity contribution in [3.05, 3.63) is 143 Å². The molecule has 8 heteroatoms. The zero-order chi connectivity index (χ0) is 29.9. The first-order valence-corrected chi connectivity index (χ1v) is 17.0. The summed E-state index contributed by atoms with van der Waals surface area (Å²) in [4.78, 5) is 0. The zero-order valence-electron chi connectivity index (χ0n) is 24.0. The molecular formula is C36H30S6Sb2. The van der Waals surface area contributed by atoms with Gasteiger partial charge in [-0.05, 0) is 32.3 Å². The van der Waals surface area contributed by atoms with Crippen LogP contribution in [0.15, 0.2) is 109 Å². The number of rotatable bonds is 6. The molecule has 0 nitrogen and oxygen atoms in total. The fraction of sp³-hybridized carbons (Fsp3) is 0.167. The van der Waals surface area contributed by atoms with Gasteiger partial charge in [0.1, 0.15) is 0 Å². The summed E-state index contributed by atoms with van der Waals surface area (Å²) >= 11 is 30.6. The van der Waals surface area contributed by atoms with E-state index in [4.69, 9.17) is 75.8 Å². The van der Waals surface area contributed by atoms with E-state index in [0.29, 0.717) is 34.5 Å². The molecule has 0 spiro atoms. The maximum absolute atomic E-state index is 5.10. The Morgan fingerprint density at radius 3 is 0.500 bits per heavy atom. The molecule has 6 aromatic carbocycles. The van der Waals surface area contributed by atoms with Gasteiger partial charge in [-0.3, -0.25) is 0 Å². The van der Waals surface area contributed by atoms with Crippen molar-refractivity contribution in [3.63, 3.8) is 0 Å². The van der Waals surface area contributed by atoms with E-state index in [1.54, 1.807) is 0 Å². The first-order valence-electron chi connectivity index (χ1n) is 13.6. The van der Waals surface area contributed by atoms with Gasteiger partial charge in [-0.15, -0.1) is 34.5 Å². The van der Waals surface area contributed by atoms with Crippen LogP contribution < -0.4 is 0 Å². The summed E-state index contributed by atoms with van der Waals surface area (Å²) in [5.41, 5.74) is 7.35. The molecule has 4 radical (unpaired) electrons. The minimum Gasteiger partial charge on any atom is -0.788 e. The number of fused-ring (bicyclic) bond motifs is 3. The van der Waals surface area contributed by atoms with E-state index in [-0.39, 0.29) is 48.9 Å². The summed E-state index contributed by atoms with van der Waals surface area (Å²) in [7, 11) is 0. The van der Waals surface area contributed by atoms with Gasteiger partial charge in [0.15, 0.2) is 0 Å². The van der Waals surface area contributed by atoms with Crippen molar-refractivity contribution >= 4 is 157 Å². The topological polar surface area (TPSA) is 0 Å². The van der Waals surface area contributed by atoms with Gasteiger partial charge >= 0.3 is 48.9 Å². The second kappa shape index (κ2) is 20.9. The normalized spacial score (nSPS) is 10.2. The Morgan fingerprint density at radius 1 is 0.250 bits per heavy atom. The summed E-state index contributed by atoms with van der Waals surface area (Å²) < 4.78 is 0. The Bertz CT molecular complexity index is 1440. The summed E-state index contributed by atoms with van der Waals surface area (Å²) in [6, 6.07) is 37.5. The Labute approximate surface area is 330 Å². The second-order valence-electron chi connectivity index (χ2n) is 9.65. The van der Waals surface area contributed by atoms with Crippen LogP contribution in [0.2, 0.25) is 0 Å². The van der Waals surface area contributed by atoms with Gasteiger partial charge in [-0.1, -0.05) is 143 Å². The predicted octanol–water partition coefficient (Wildman–Crippen LogP) is 8.04. The molecule has 0 heterocycles. The van der Waals surface area contributed by atoms with E-state index in [1.165, 1.54) is 65.7 Å². The van der Waals surface area contributed by atoms with E-state index in [2.05, 4.69) is 72.8 Å². The maximum atomic E-state index is 5.10. The molecule has 44 heavy (non-hydrogen) atoms. The summed E-state index contributed by atoms with van der Waals surface area (Å²) in [6.07, 6.45) is 0. The van der Waals surface area contributed by atoms with Gasteiger partial charge in [0.2, 0.25) is 0 Å². The minimum atomic E-state index is 0. The van der Waals surface area contributed by atoms with Crippen LogP contribution in [0, 0.1) is 0 Å². The van der Waals surface area contributed by atoms with Crippen LogP contribution in [0.25, 0.3) is 32.3 Å². The van der Waals surface area contributed by atoms with Crippen molar-refractivity contribution in [2.24, 2.45) is 0 Å². The fourth-order valence-corrected chi connectivity index (χ4v) is 6.54. The average Bonchev–Trinajstić information content (AvgIpc) is 3.07. The van der Waals surface area contributed by atoms with Crippen molar-refractivity contribution in [3.8, 4) is 0 Å². The molecule has 0 unspecified atom stereocenters. The number of benzene rings is 6. The molecule has 0 saturated heterocycles. The molecule has 0 atom stereocenters. The Hall–Kier alpha value is -0.164. The maximum Gasteiger partial charge on any atom is 3.00 e. The third-order valence-corrected chi connectivity index (χ3v) is 9.11. The zero-order valence-corrected chi connectivity index (χ0v) is 34.0. The molecule has 0 amide bonds. The van der Waals surface area contributed by atoms with Crippen LogP contribution in [0.3, 0.4) is 0 Å². The van der Waals surface area contributed by atoms with Crippen LogP contribution in [0.1, 0.15) is 33.4 Å². The van der Waals surface area contributed by atoms with Crippen molar-refractivity contribution in [2.75, 3.05) is 0 Å². The third-order valence-electron chi connectivity index (χ3n) is 7.25. The molecule has 6 aromatic rings. The molecule has 0 saturated carbocycles. The standard InChI is InChI=1S/3C12H12S2.2Sb/c3*13-7-9-5-6-10(8-14)12-4-2-1-3-11(9)12;;/h3*1-6,13-14H,7-8H2;;/q;;;2*+3/p-6.